The maximum Gasteiger partial charge on any atom is 0.157 e. The Kier molecular flexibility index (Phi) is 3.83. The topological polar surface area (TPSA) is 24.4 Å². The lowest BCUT2D eigenvalue weighted by Gasteiger charge is -2.16. The molecule has 1 fully saturated rings. The van der Waals surface area contributed by atoms with E-state index in [-0.39, 0.29) is 11.6 Å². The molecular formula is C13H17BrN2S. The summed E-state index contributed by atoms with van der Waals surface area (Å²) in [5.41, 5.74) is 1.41. The van der Waals surface area contributed by atoms with Crippen LogP contribution in [0.4, 0.5) is 0 Å². The van der Waals surface area contributed by atoms with Gasteiger partial charge in [0.25, 0.3) is 0 Å². The van der Waals surface area contributed by atoms with Crippen molar-refractivity contribution in [2.75, 3.05) is 5.75 Å². The number of halogens is 1. The molecule has 1 heterocycles. The number of benzene rings is 1. The van der Waals surface area contributed by atoms with Gasteiger partial charge in [0, 0.05) is 15.8 Å². The largest absolute Gasteiger partial charge is 0.359 e. The van der Waals surface area contributed by atoms with E-state index < -0.39 is 0 Å². The third-order valence-corrected chi connectivity index (χ3v) is 4.55. The van der Waals surface area contributed by atoms with E-state index >= 15 is 0 Å². The maximum absolute atomic E-state index is 4.72. The minimum absolute atomic E-state index is 0.170. The highest BCUT2D eigenvalue weighted by molar-refractivity contribution is 9.10. The van der Waals surface area contributed by atoms with Crippen molar-refractivity contribution in [1.82, 2.24) is 5.32 Å². The van der Waals surface area contributed by atoms with Gasteiger partial charge < -0.3 is 5.32 Å². The molecule has 0 aliphatic carbocycles. The van der Waals surface area contributed by atoms with E-state index in [4.69, 9.17) is 4.99 Å². The Morgan fingerprint density at radius 1 is 1.35 bits per heavy atom. The van der Waals surface area contributed by atoms with Crippen molar-refractivity contribution in [2.45, 2.75) is 32.4 Å². The van der Waals surface area contributed by atoms with E-state index in [9.17, 15) is 0 Å². The summed E-state index contributed by atoms with van der Waals surface area (Å²) in [4.78, 5) is 4.72. The van der Waals surface area contributed by atoms with Crippen LogP contribution in [0.25, 0.3) is 0 Å². The van der Waals surface area contributed by atoms with E-state index in [2.05, 4.69) is 66.3 Å². The fraction of sp³-hybridized carbons (Fsp3) is 0.462. The molecule has 1 N–H and O–H groups in total. The predicted octanol–water partition coefficient (Wildman–Crippen LogP) is 3.98. The molecule has 2 nitrogen and oxygen atoms in total. The van der Waals surface area contributed by atoms with Crippen LogP contribution in [0.5, 0.6) is 0 Å². The number of thioether (sulfide) groups is 1. The van der Waals surface area contributed by atoms with Gasteiger partial charge in [-0.15, -0.1) is 0 Å². The molecule has 1 unspecified atom stereocenters. The van der Waals surface area contributed by atoms with Crippen molar-refractivity contribution < 1.29 is 0 Å². The smallest absolute Gasteiger partial charge is 0.157 e. The second-order valence-corrected chi connectivity index (χ2v) is 6.84. The molecule has 1 saturated heterocycles. The molecular weight excluding hydrogens is 296 g/mol. The van der Waals surface area contributed by atoms with Crippen LogP contribution >= 0.6 is 27.7 Å². The zero-order valence-electron chi connectivity index (χ0n) is 10.3. The van der Waals surface area contributed by atoms with Crippen LogP contribution in [0.2, 0.25) is 0 Å². The third-order valence-electron chi connectivity index (χ3n) is 2.68. The Hall–Kier alpha value is -0.480. The first-order chi connectivity index (χ1) is 7.96. The minimum Gasteiger partial charge on any atom is -0.359 e. The standard InChI is InChI=1S/C13H17BrN2S/c1-9(10-4-6-11(14)7-5-10)15-12-16-13(2,3)8-17-12/h4-7,9H,8H2,1-3H3,(H,15,16). The highest BCUT2D eigenvalue weighted by Gasteiger charge is 2.27. The first-order valence-corrected chi connectivity index (χ1v) is 7.48. The Labute approximate surface area is 115 Å². The van der Waals surface area contributed by atoms with E-state index in [0.29, 0.717) is 0 Å². The monoisotopic (exact) mass is 312 g/mol. The van der Waals surface area contributed by atoms with Crippen LogP contribution in [0.15, 0.2) is 33.7 Å². The van der Waals surface area contributed by atoms with Crippen molar-refractivity contribution in [3.8, 4) is 0 Å². The summed E-state index contributed by atoms with van der Waals surface area (Å²) in [6.45, 7) is 6.53. The van der Waals surface area contributed by atoms with Crippen molar-refractivity contribution >= 4 is 32.9 Å². The molecule has 0 saturated carbocycles. The average Bonchev–Trinajstić information content (AvgIpc) is 2.59. The lowest BCUT2D eigenvalue weighted by atomic mass is 10.1. The molecule has 2 rings (SSSR count). The summed E-state index contributed by atoms with van der Waals surface area (Å²) < 4.78 is 1.11. The van der Waals surface area contributed by atoms with Crippen molar-refractivity contribution in [1.29, 1.82) is 0 Å². The Balaban J connectivity index is 2.09. The number of nitrogens with one attached hydrogen (secondary N) is 1. The van der Waals surface area contributed by atoms with Gasteiger partial charge in [-0.2, -0.15) is 0 Å². The summed E-state index contributed by atoms with van der Waals surface area (Å²) in [6.07, 6.45) is 0. The van der Waals surface area contributed by atoms with E-state index in [1.54, 1.807) is 11.8 Å². The van der Waals surface area contributed by atoms with E-state index in [1.165, 1.54) is 5.56 Å². The van der Waals surface area contributed by atoms with Gasteiger partial charge in [-0.25, -0.2) is 0 Å². The van der Waals surface area contributed by atoms with Crippen LogP contribution in [0, 0.1) is 0 Å². The highest BCUT2D eigenvalue weighted by atomic mass is 79.9. The van der Waals surface area contributed by atoms with Crippen molar-refractivity contribution in [3.05, 3.63) is 34.3 Å². The Bertz CT molecular complexity index is 426. The molecule has 92 valence electrons. The van der Waals surface area contributed by atoms with Gasteiger partial charge in [0.05, 0.1) is 6.04 Å². The predicted molar refractivity (Wildman–Crippen MR) is 79.7 cm³/mol. The molecule has 0 aromatic heterocycles. The molecule has 1 aliphatic rings. The third kappa shape index (κ3) is 3.49. The molecule has 0 spiro atoms. The molecule has 17 heavy (non-hydrogen) atoms. The molecule has 1 atom stereocenters. The number of hydrogen-bond donors (Lipinski definition) is 1. The van der Waals surface area contributed by atoms with Crippen LogP contribution in [0.3, 0.4) is 0 Å². The molecule has 1 aliphatic heterocycles. The molecule has 0 amide bonds. The Morgan fingerprint density at radius 3 is 2.53 bits per heavy atom. The van der Waals surface area contributed by atoms with Crippen LogP contribution < -0.4 is 5.32 Å². The first-order valence-electron chi connectivity index (χ1n) is 5.70. The Morgan fingerprint density at radius 2 is 2.00 bits per heavy atom. The summed E-state index contributed by atoms with van der Waals surface area (Å²) in [5.74, 6) is 1.08. The van der Waals surface area contributed by atoms with Gasteiger partial charge >= 0.3 is 0 Å². The average molecular weight is 313 g/mol. The van der Waals surface area contributed by atoms with Gasteiger partial charge in [-0.05, 0) is 38.5 Å². The van der Waals surface area contributed by atoms with Crippen molar-refractivity contribution in [2.24, 2.45) is 4.99 Å². The highest BCUT2D eigenvalue weighted by Crippen LogP contribution is 2.26. The fourth-order valence-corrected chi connectivity index (χ4v) is 3.09. The van der Waals surface area contributed by atoms with Crippen LogP contribution in [0.1, 0.15) is 32.4 Å². The summed E-state index contributed by atoms with van der Waals surface area (Å²) in [6, 6.07) is 8.55. The van der Waals surface area contributed by atoms with Crippen LogP contribution in [-0.4, -0.2) is 16.5 Å². The second-order valence-electron chi connectivity index (χ2n) is 4.96. The zero-order chi connectivity index (χ0) is 12.5. The number of hydrogen-bond acceptors (Lipinski definition) is 2. The van der Waals surface area contributed by atoms with Crippen LogP contribution in [-0.2, 0) is 0 Å². The first kappa shape index (κ1) is 13.0. The van der Waals surface area contributed by atoms with Gasteiger partial charge in [-0.3, -0.25) is 4.99 Å². The number of amidine groups is 1. The molecule has 0 bridgehead atoms. The number of aliphatic imine (C=N–C) groups is 1. The minimum atomic E-state index is 0.170. The van der Waals surface area contributed by atoms with E-state index in [0.717, 1.165) is 15.4 Å². The molecule has 1 aromatic carbocycles. The van der Waals surface area contributed by atoms with Gasteiger partial charge in [-0.1, -0.05) is 39.8 Å². The zero-order valence-corrected chi connectivity index (χ0v) is 12.7. The maximum atomic E-state index is 4.72. The van der Waals surface area contributed by atoms with Crippen molar-refractivity contribution in [3.63, 3.8) is 0 Å². The SMILES string of the molecule is CC(N=C1NC(C)(C)CS1)c1ccc(Br)cc1. The fourth-order valence-electron chi connectivity index (χ4n) is 1.67. The second kappa shape index (κ2) is 5.02. The molecule has 0 radical (unpaired) electrons. The summed E-state index contributed by atoms with van der Waals surface area (Å²) in [5, 5.41) is 4.51. The number of rotatable bonds is 2. The van der Waals surface area contributed by atoms with E-state index in [1.807, 2.05) is 0 Å². The lowest BCUT2D eigenvalue weighted by Crippen LogP contribution is -2.37. The summed E-state index contributed by atoms with van der Waals surface area (Å²) >= 11 is 5.25. The number of nitrogens with zero attached hydrogens (tertiary/aromatic N) is 1. The quantitative estimate of drug-likeness (QED) is 0.893. The van der Waals surface area contributed by atoms with Gasteiger partial charge in [0.2, 0.25) is 0 Å². The lowest BCUT2D eigenvalue weighted by molar-refractivity contribution is 0.535. The van der Waals surface area contributed by atoms with Gasteiger partial charge in [0.1, 0.15) is 0 Å². The molecule has 4 heteroatoms. The molecule has 1 aromatic rings. The normalized spacial score (nSPS) is 22.5. The summed E-state index contributed by atoms with van der Waals surface area (Å²) in [7, 11) is 0. The van der Waals surface area contributed by atoms with Gasteiger partial charge in [0.15, 0.2) is 5.17 Å².